The largest absolute Gasteiger partial charge is 0.376 e. The summed E-state index contributed by atoms with van der Waals surface area (Å²) in [7, 11) is 0. The summed E-state index contributed by atoms with van der Waals surface area (Å²) in [6, 6.07) is 10.4. The number of rotatable bonds is 7. The first kappa shape index (κ1) is 17.8. The van der Waals surface area contributed by atoms with Gasteiger partial charge >= 0.3 is 0 Å². The number of nitrogens with one attached hydrogen (secondary N) is 1. The highest BCUT2D eigenvalue weighted by atomic mass is 16.5. The standard InChI is InChI=1S/C19H31N3O/c1-4-20-19(21-12-16(2)3)22-11-10-18(13-22)15-23-14-17-8-6-5-7-9-17/h5-9,16,18H,4,10-15H2,1-3H3,(H,20,21). The zero-order valence-electron chi connectivity index (χ0n) is 14.8. The van der Waals surface area contributed by atoms with Crippen LogP contribution in [0.15, 0.2) is 35.3 Å². The van der Waals surface area contributed by atoms with Crippen LogP contribution in [0.4, 0.5) is 0 Å². The van der Waals surface area contributed by atoms with Crippen molar-refractivity contribution in [2.75, 3.05) is 32.8 Å². The Morgan fingerprint density at radius 3 is 2.83 bits per heavy atom. The van der Waals surface area contributed by atoms with Crippen LogP contribution in [0.5, 0.6) is 0 Å². The lowest BCUT2D eigenvalue weighted by Gasteiger charge is -2.22. The molecule has 0 amide bonds. The van der Waals surface area contributed by atoms with Gasteiger partial charge in [0, 0.05) is 32.1 Å². The Balaban J connectivity index is 1.76. The fourth-order valence-corrected chi connectivity index (χ4v) is 2.77. The predicted molar refractivity (Wildman–Crippen MR) is 96.6 cm³/mol. The molecule has 4 heteroatoms. The molecule has 1 heterocycles. The molecule has 1 aromatic carbocycles. The molecule has 0 aromatic heterocycles. The van der Waals surface area contributed by atoms with Crippen LogP contribution in [0.3, 0.4) is 0 Å². The summed E-state index contributed by atoms with van der Waals surface area (Å²) in [4.78, 5) is 7.13. The van der Waals surface area contributed by atoms with Gasteiger partial charge < -0.3 is 15.0 Å². The Morgan fingerprint density at radius 2 is 2.13 bits per heavy atom. The van der Waals surface area contributed by atoms with Crippen molar-refractivity contribution in [1.29, 1.82) is 0 Å². The predicted octanol–water partition coefficient (Wildman–Crippen LogP) is 3.15. The molecule has 1 N–H and O–H groups in total. The Morgan fingerprint density at radius 1 is 1.35 bits per heavy atom. The Hall–Kier alpha value is -1.55. The van der Waals surface area contributed by atoms with Gasteiger partial charge in [0.25, 0.3) is 0 Å². The normalized spacial score (nSPS) is 18.7. The molecule has 1 aliphatic rings. The summed E-state index contributed by atoms with van der Waals surface area (Å²) in [6.45, 7) is 12.0. The minimum atomic E-state index is 0.594. The van der Waals surface area contributed by atoms with E-state index >= 15 is 0 Å². The van der Waals surface area contributed by atoms with E-state index in [0.717, 1.165) is 38.7 Å². The van der Waals surface area contributed by atoms with Crippen LogP contribution < -0.4 is 5.32 Å². The minimum Gasteiger partial charge on any atom is -0.376 e. The van der Waals surface area contributed by atoms with Gasteiger partial charge in [-0.1, -0.05) is 44.2 Å². The molecular weight excluding hydrogens is 286 g/mol. The number of hydrogen-bond acceptors (Lipinski definition) is 2. The number of hydrogen-bond donors (Lipinski definition) is 1. The van der Waals surface area contributed by atoms with Crippen molar-refractivity contribution in [3.8, 4) is 0 Å². The third kappa shape index (κ3) is 6.22. The van der Waals surface area contributed by atoms with Crippen molar-refractivity contribution in [2.45, 2.75) is 33.8 Å². The lowest BCUT2D eigenvalue weighted by molar-refractivity contribution is 0.0906. The van der Waals surface area contributed by atoms with Crippen LogP contribution in [0.25, 0.3) is 0 Å². The number of nitrogens with zero attached hydrogens (tertiary/aromatic N) is 2. The fourth-order valence-electron chi connectivity index (χ4n) is 2.77. The van der Waals surface area contributed by atoms with Crippen LogP contribution in [-0.4, -0.2) is 43.6 Å². The number of guanidine groups is 1. The quantitative estimate of drug-likeness (QED) is 0.620. The summed E-state index contributed by atoms with van der Waals surface area (Å²) in [5.41, 5.74) is 1.24. The van der Waals surface area contributed by atoms with Gasteiger partial charge in [-0.15, -0.1) is 0 Å². The third-order valence-corrected chi connectivity index (χ3v) is 3.99. The van der Waals surface area contributed by atoms with Gasteiger partial charge in [0.2, 0.25) is 0 Å². The van der Waals surface area contributed by atoms with Gasteiger partial charge in [-0.05, 0) is 24.8 Å². The van der Waals surface area contributed by atoms with E-state index in [0.29, 0.717) is 18.4 Å². The third-order valence-electron chi connectivity index (χ3n) is 3.99. The van der Waals surface area contributed by atoms with Crippen molar-refractivity contribution in [1.82, 2.24) is 10.2 Å². The monoisotopic (exact) mass is 317 g/mol. The number of aliphatic imine (C=N–C) groups is 1. The molecule has 128 valence electrons. The minimum absolute atomic E-state index is 0.594. The highest BCUT2D eigenvalue weighted by Crippen LogP contribution is 2.17. The van der Waals surface area contributed by atoms with E-state index < -0.39 is 0 Å². The molecule has 23 heavy (non-hydrogen) atoms. The lowest BCUT2D eigenvalue weighted by Crippen LogP contribution is -2.40. The van der Waals surface area contributed by atoms with Crippen molar-refractivity contribution in [3.05, 3.63) is 35.9 Å². The van der Waals surface area contributed by atoms with Gasteiger partial charge in [0.15, 0.2) is 5.96 Å². The molecule has 0 aliphatic carbocycles. The maximum Gasteiger partial charge on any atom is 0.193 e. The van der Waals surface area contributed by atoms with Crippen molar-refractivity contribution in [3.63, 3.8) is 0 Å². The highest BCUT2D eigenvalue weighted by molar-refractivity contribution is 5.80. The summed E-state index contributed by atoms with van der Waals surface area (Å²) >= 11 is 0. The maximum atomic E-state index is 5.90. The second-order valence-electron chi connectivity index (χ2n) is 6.69. The summed E-state index contributed by atoms with van der Waals surface area (Å²) in [5.74, 6) is 2.25. The van der Waals surface area contributed by atoms with Crippen LogP contribution in [0.2, 0.25) is 0 Å². The molecule has 1 fully saturated rings. The molecule has 0 spiro atoms. The SMILES string of the molecule is CCNC(=NCC(C)C)N1CCC(COCc2ccccc2)C1. The molecule has 1 saturated heterocycles. The molecule has 1 aromatic rings. The Kier molecular flexibility index (Phi) is 7.40. The van der Waals surface area contributed by atoms with Crippen molar-refractivity contribution < 1.29 is 4.74 Å². The van der Waals surface area contributed by atoms with Gasteiger partial charge in [0.05, 0.1) is 13.2 Å². The lowest BCUT2D eigenvalue weighted by atomic mass is 10.1. The maximum absolute atomic E-state index is 5.90. The topological polar surface area (TPSA) is 36.9 Å². The summed E-state index contributed by atoms with van der Waals surface area (Å²) in [6.07, 6.45) is 1.18. The Labute approximate surface area is 140 Å². The number of likely N-dealkylation sites (tertiary alicyclic amines) is 1. The van der Waals surface area contributed by atoms with Crippen LogP contribution >= 0.6 is 0 Å². The number of ether oxygens (including phenoxy) is 1. The smallest absolute Gasteiger partial charge is 0.193 e. The molecule has 0 bridgehead atoms. The summed E-state index contributed by atoms with van der Waals surface area (Å²) < 4.78 is 5.90. The van der Waals surface area contributed by atoms with Gasteiger partial charge in [-0.2, -0.15) is 0 Å². The molecule has 1 unspecified atom stereocenters. The Bertz CT molecular complexity index is 473. The molecule has 1 atom stereocenters. The molecular formula is C19H31N3O. The van der Waals surface area contributed by atoms with Crippen LogP contribution in [-0.2, 0) is 11.3 Å². The van der Waals surface area contributed by atoms with Crippen molar-refractivity contribution >= 4 is 5.96 Å². The molecule has 1 aliphatic heterocycles. The average Bonchev–Trinajstić information content (AvgIpc) is 3.01. The number of benzene rings is 1. The van der Waals surface area contributed by atoms with Crippen LogP contribution in [0, 0.1) is 11.8 Å². The zero-order chi connectivity index (χ0) is 16.5. The molecule has 0 radical (unpaired) electrons. The summed E-state index contributed by atoms with van der Waals surface area (Å²) in [5, 5.41) is 3.42. The van der Waals surface area contributed by atoms with Crippen LogP contribution in [0.1, 0.15) is 32.8 Å². The average molecular weight is 317 g/mol. The van der Waals surface area contributed by atoms with E-state index in [-0.39, 0.29) is 0 Å². The first-order chi connectivity index (χ1) is 11.2. The first-order valence-electron chi connectivity index (χ1n) is 8.84. The van der Waals surface area contributed by atoms with E-state index in [1.807, 2.05) is 6.07 Å². The van der Waals surface area contributed by atoms with E-state index in [2.05, 4.69) is 55.3 Å². The van der Waals surface area contributed by atoms with E-state index in [9.17, 15) is 0 Å². The molecule has 2 rings (SSSR count). The molecule has 4 nitrogen and oxygen atoms in total. The highest BCUT2D eigenvalue weighted by Gasteiger charge is 2.24. The zero-order valence-corrected chi connectivity index (χ0v) is 14.8. The van der Waals surface area contributed by atoms with Gasteiger partial charge in [-0.3, -0.25) is 4.99 Å². The van der Waals surface area contributed by atoms with E-state index in [1.165, 1.54) is 12.0 Å². The first-order valence-corrected chi connectivity index (χ1v) is 8.84. The van der Waals surface area contributed by atoms with Crippen molar-refractivity contribution in [2.24, 2.45) is 16.8 Å². The molecule has 0 saturated carbocycles. The van der Waals surface area contributed by atoms with Gasteiger partial charge in [0.1, 0.15) is 0 Å². The van der Waals surface area contributed by atoms with E-state index in [1.54, 1.807) is 0 Å². The fraction of sp³-hybridized carbons (Fsp3) is 0.632. The second kappa shape index (κ2) is 9.56. The van der Waals surface area contributed by atoms with E-state index in [4.69, 9.17) is 9.73 Å². The van der Waals surface area contributed by atoms with Gasteiger partial charge in [-0.25, -0.2) is 0 Å². The second-order valence-corrected chi connectivity index (χ2v) is 6.69.